The summed E-state index contributed by atoms with van der Waals surface area (Å²) in [7, 11) is 0. The maximum absolute atomic E-state index is 12.7. The van der Waals surface area contributed by atoms with Gasteiger partial charge in [0.15, 0.2) is 11.5 Å². The lowest BCUT2D eigenvalue weighted by atomic mass is 9.86. The summed E-state index contributed by atoms with van der Waals surface area (Å²) in [5.74, 6) is 1.86. The molecule has 1 aliphatic heterocycles. The third kappa shape index (κ3) is 4.01. The zero-order valence-electron chi connectivity index (χ0n) is 19.1. The van der Waals surface area contributed by atoms with E-state index in [0.717, 1.165) is 29.0 Å². The van der Waals surface area contributed by atoms with Gasteiger partial charge in [-0.2, -0.15) is 14.3 Å². The third-order valence-corrected chi connectivity index (χ3v) is 6.25. The predicted octanol–water partition coefficient (Wildman–Crippen LogP) is 3.71. The number of aryl methyl sites for hydroxylation is 1. The third-order valence-electron chi connectivity index (χ3n) is 6.25. The van der Waals surface area contributed by atoms with E-state index in [2.05, 4.69) is 32.7 Å². The van der Waals surface area contributed by atoms with Gasteiger partial charge in [0.25, 0.3) is 0 Å². The molecule has 5 aromatic rings. The van der Waals surface area contributed by atoms with Crippen LogP contribution in [0.3, 0.4) is 0 Å². The average molecular weight is 466 g/mol. The van der Waals surface area contributed by atoms with Crippen molar-refractivity contribution in [2.24, 2.45) is 0 Å². The molecule has 0 saturated heterocycles. The highest BCUT2D eigenvalue weighted by atomic mass is 16.5. The molecule has 0 fully saturated rings. The Kier molecular flexibility index (Phi) is 5.21. The van der Waals surface area contributed by atoms with Crippen molar-refractivity contribution in [3.8, 4) is 11.6 Å². The van der Waals surface area contributed by atoms with Crippen LogP contribution in [0.5, 0.6) is 5.75 Å². The molecular weight excluding hydrogens is 442 g/mol. The number of hydrogen-bond donors (Lipinski definition) is 1. The Balaban J connectivity index is 1.26. The Morgan fingerprint density at radius 2 is 1.86 bits per heavy atom. The fraction of sp³-hybridized carbons (Fsp3) is 0.192. The van der Waals surface area contributed by atoms with Crippen molar-refractivity contribution in [1.29, 1.82) is 0 Å². The van der Waals surface area contributed by atoms with Crippen molar-refractivity contribution in [1.82, 2.24) is 29.6 Å². The van der Waals surface area contributed by atoms with Crippen LogP contribution in [0.15, 0.2) is 73.1 Å². The molecule has 0 aliphatic carbocycles. The van der Waals surface area contributed by atoms with E-state index in [1.165, 1.54) is 11.9 Å². The van der Waals surface area contributed by atoms with E-state index in [9.17, 15) is 4.79 Å². The highest BCUT2D eigenvalue weighted by Crippen LogP contribution is 2.40. The molecule has 4 heterocycles. The number of amides is 1. The Bertz CT molecular complexity index is 1510. The van der Waals surface area contributed by atoms with Gasteiger partial charge in [0.05, 0.1) is 12.3 Å². The van der Waals surface area contributed by atoms with Crippen LogP contribution in [-0.4, -0.2) is 42.1 Å². The fourth-order valence-corrected chi connectivity index (χ4v) is 4.56. The minimum Gasteiger partial charge on any atom is -0.493 e. The van der Waals surface area contributed by atoms with E-state index in [1.54, 1.807) is 9.20 Å². The summed E-state index contributed by atoms with van der Waals surface area (Å²) in [5.41, 5.74) is 4.77. The number of ether oxygens (including phenoxy) is 1. The number of nitrogens with one attached hydrogen (secondary N) is 1. The van der Waals surface area contributed by atoms with Crippen molar-refractivity contribution < 1.29 is 9.53 Å². The number of anilines is 1. The van der Waals surface area contributed by atoms with Gasteiger partial charge in [-0.05, 0) is 42.3 Å². The SMILES string of the molecule is Cc1nn(-c2ccc3nncn3n2)c2c1C(c1ccc(OCCc3ccccc3)cc1)CC(=O)N2. The maximum Gasteiger partial charge on any atom is 0.226 e. The first-order valence-electron chi connectivity index (χ1n) is 11.5. The summed E-state index contributed by atoms with van der Waals surface area (Å²) in [6.45, 7) is 2.56. The van der Waals surface area contributed by atoms with Crippen molar-refractivity contribution in [3.05, 3.63) is 95.4 Å². The molecule has 0 radical (unpaired) electrons. The zero-order valence-corrected chi connectivity index (χ0v) is 19.1. The molecule has 3 aromatic heterocycles. The molecule has 0 spiro atoms. The average Bonchev–Trinajstić information content (AvgIpc) is 3.48. The Labute approximate surface area is 201 Å². The van der Waals surface area contributed by atoms with Gasteiger partial charge in [-0.3, -0.25) is 4.79 Å². The van der Waals surface area contributed by atoms with E-state index in [1.807, 2.05) is 61.5 Å². The molecule has 1 N–H and O–H groups in total. The number of carbonyl (C=O) groups excluding carboxylic acids is 1. The van der Waals surface area contributed by atoms with Crippen LogP contribution in [0.4, 0.5) is 5.82 Å². The minimum atomic E-state index is -0.107. The first-order chi connectivity index (χ1) is 17.2. The van der Waals surface area contributed by atoms with Gasteiger partial charge in [-0.15, -0.1) is 15.3 Å². The lowest BCUT2D eigenvalue weighted by Gasteiger charge is -2.24. The molecule has 9 heteroatoms. The number of fused-ring (bicyclic) bond motifs is 2. The summed E-state index contributed by atoms with van der Waals surface area (Å²) in [6, 6.07) is 21.9. The minimum absolute atomic E-state index is 0.0581. The number of carbonyl (C=O) groups is 1. The number of benzene rings is 2. The summed E-state index contributed by atoms with van der Waals surface area (Å²) in [4.78, 5) is 12.7. The van der Waals surface area contributed by atoms with Gasteiger partial charge < -0.3 is 10.1 Å². The lowest BCUT2D eigenvalue weighted by Crippen LogP contribution is -2.25. The standard InChI is InChI=1S/C26H23N7O2/c1-17-25-21(19-7-9-20(10-8-19)35-14-13-18-5-3-2-4-6-18)15-24(34)28-26(25)33(30-17)23-12-11-22-29-27-16-32(22)31-23/h2-12,16,21H,13-15H2,1H3,(H,28,34). The lowest BCUT2D eigenvalue weighted by molar-refractivity contribution is -0.116. The number of rotatable bonds is 6. The van der Waals surface area contributed by atoms with E-state index in [4.69, 9.17) is 9.84 Å². The molecule has 6 rings (SSSR count). The first-order valence-corrected chi connectivity index (χ1v) is 11.5. The molecule has 1 atom stereocenters. The molecule has 1 aliphatic rings. The van der Waals surface area contributed by atoms with Crippen molar-refractivity contribution in [2.45, 2.75) is 25.7 Å². The molecule has 9 nitrogen and oxygen atoms in total. The van der Waals surface area contributed by atoms with Crippen LogP contribution in [0.2, 0.25) is 0 Å². The summed E-state index contributed by atoms with van der Waals surface area (Å²) in [6.07, 6.45) is 2.74. The maximum atomic E-state index is 12.7. The molecular formula is C26H23N7O2. The first kappa shape index (κ1) is 21.0. The van der Waals surface area contributed by atoms with Crippen LogP contribution in [0.1, 0.15) is 34.7 Å². The van der Waals surface area contributed by atoms with Crippen LogP contribution in [0.25, 0.3) is 11.5 Å². The molecule has 0 bridgehead atoms. The molecule has 1 unspecified atom stereocenters. The second-order valence-electron chi connectivity index (χ2n) is 8.54. The smallest absolute Gasteiger partial charge is 0.226 e. The normalized spacial score (nSPS) is 15.1. The zero-order chi connectivity index (χ0) is 23.8. The van der Waals surface area contributed by atoms with Crippen molar-refractivity contribution >= 4 is 17.4 Å². The van der Waals surface area contributed by atoms with Crippen molar-refractivity contribution in [3.63, 3.8) is 0 Å². The quantitative estimate of drug-likeness (QED) is 0.410. The van der Waals surface area contributed by atoms with Gasteiger partial charge >= 0.3 is 0 Å². The molecule has 0 saturated carbocycles. The number of hydrogen-bond acceptors (Lipinski definition) is 6. The second-order valence-corrected chi connectivity index (χ2v) is 8.54. The van der Waals surface area contributed by atoms with Gasteiger partial charge in [-0.25, -0.2) is 0 Å². The van der Waals surface area contributed by atoms with Crippen molar-refractivity contribution in [2.75, 3.05) is 11.9 Å². The van der Waals surface area contributed by atoms with Gasteiger partial charge in [-0.1, -0.05) is 42.5 Å². The van der Waals surface area contributed by atoms with Gasteiger partial charge in [0.2, 0.25) is 5.91 Å². The van der Waals surface area contributed by atoms with E-state index < -0.39 is 0 Å². The number of nitrogens with zero attached hydrogens (tertiary/aromatic N) is 6. The highest BCUT2D eigenvalue weighted by Gasteiger charge is 2.33. The fourth-order valence-electron chi connectivity index (χ4n) is 4.56. The predicted molar refractivity (Wildman–Crippen MR) is 130 cm³/mol. The molecule has 1 amide bonds. The summed E-state index contributed by atoms with van der Waals surface area (Å²) < 4.78 is 9.20. The highest BCUT2D eigenvalue weighted by molar-refractivity contribution is 5.95. The summed E-state index contributed by atoms with van der Waals surface area (Å²) >= 11 is 0. The second kappa shape index (κ2) is 8.68. The van der Waals surface area contributed by atoms with Crippen LogP contribution >= 0.6 is 0 Å². The van der Waals surface area contributed by atoms with E-state index in [0.29, 0.717) is 30.3 Å². The van der Waals surface area contributed by atoms with Crippen LogP contribution in [0, 0.1) is 6.92 Å². The number of aromatic nitrogens is 6. The Hall–Kier alpha value is -4.53. The molecule has 174 valence electrons. The topological polar surface area (TPSA) is 99.2 Å². The van der Waals surface area contributed by atoms with Crippen LogP contribution < -0.4 is 10.1 Å². The largest absolute Gasteiger partial charge is 0.493 e. The van der Waals surface area contributed by atoms with Gasteiger partial charge in [0, 0.05) is 24.3 Å². The van der Waals surface area contributed by atoms with E-state index in [-0.39, 0.29) is 11.8 Å². The van der Waals surface area contributed by atoms with Crippen LogP contribution in [-0.2, 0) is 11.2 Å². The monoisotopic (exact) mass is 465 g/mol. The molecule has 2 aromatic carbocycles. The van der Waals surface area contributed by atoms with Gasteiger partial charge in [0.1, 0.15) is 17.9 Å². The van der Waals surface area contributed by atoms with E-state index >= 15 is 0 Å². The summed E-state index contributed by atoms with van der Waals surface area (Å²) in [5, 5.41) is 20.1. The molecule has 35 heavy (non-hydrogen) atoms. The Morgan fingerprint density at radius 1 is 1.03 bits per heavy atom. The Morgan fingerprint density at radius 3 is 2.69 bits per heavy atom.